The van der Waals surface area contributed by atoms with Crippen molar-refractivity contribution in [3.05, 3.63) is 101 Å². The number of para-hydroxylation sites is 1. The maximum Gasteiger partial charge on any atom is 0.407 e. The molecule has 0 radical (unpaired) electrons. The van der Waals surface area contributed by atoms with Crippen LogP contribution in [0.25, 0.3) is 16.8 Å². The van der Waals surface area contributed by atoms with Crippen LogP contribution in [0, 0.1) is 18.3 Å². The zero-order chi connectivity index (χ0) is 27.1. The van der Waals surface area contributed by atoms with Crippen molar-refractivity contribution in [1.29, 1.82) is 5.26 Å². The highest BCUT2D eigenvalue weighted by atomic mass is 16.6. The summed E-state index contributed by atoms with van der Waals surface area (Å²) in [5.41, 5.74) is 5.59. The molecule has 3 aromatic carbocycles. The molecule has 0 atom stereocenters. The van der Waals surface area contributed by atoms with Gasteiger partial charge in [0.25, 0.3) is 0 Å². The van der Waals surface area contributed by atoms with E-state index in [-0.39, 0.29) is 6.61 Å². The molecule has 0 saturated heterocycles. The molecule has 4 rings (SSSR count). The van der Waals surface area contributed by atoms with Crippen LogP contribution in [0.3, 0.4) is 0 Å². The van der Waals surface area contributed by atoms with Gasteiger partial charge in [-0.05, 0) is 75.1 Å². The summed E-state index contributed by atoms with van der Waals surface area (Å²) in [7, 11) is 0. The Hall–Kier alpha value is -4.57. The molecule has 1 amide bonds. The van der Waals surface area contributed by atoms with Crippen LogP contribution in [0.5, 0.6) is 5.75 Å². The average Bonchev–Trinajstić information content (AvgIpc) is 3.22. The monoisotopic (exact) mass is 508 g/mol. The first-order valence-electron chi connectivity index (χ1n) is 12.6. The molecule has 7 nitrogen and oxygen atoms in total. The number of nitriles is 1. The molecule has 0 bridgehead atoms. The van der Waals surface area contributed by atoms with E-state index in [0.717, 1.165) is 34.5 Å². The third-order valence-electron chi connectivity index (χ3n) is 5.87. The third kappa shape index (κ3) is 6.80. The summed E-state index contributed by atoms with van der Waals surface area (Å²) >= 11 is 0. The highest BCUT2D eigenvalue weighted by Gasteiger charge is 2.17. The number of hydrogen-bond donors (Lipinski definition) is 1. The van der Waals surface area contributed by atoms with Crippen LogP contribution in [0.2, 0.25) is 0 Å². The third-order valence-corrected chi connectivity index (χ3v) is 5.87. The number of carbonyl (C=O) groups excluding carboxylic acids is 1. The van der Waals surface area contributed by atoms with E-state index >= 15 is 0 Å². The van der Waals surface area contributed by atoms with Crippen molar-refractivity contribution >= 4 is 6.09 Å². The first-order valence-corrected chi connectivity index (χ1v) is 12.6. The maximum absolute atomic E-state index is 11.8. The highest BCUT2D eigenvalue weighted by molar-refractivity contribution is 5.67. The van der Waals surface area contributed by atoms with Crippen LogP contribution in [-0.4, -0.2) is 28.0 Å². The van der Waals surface area contributed by atoms with Gasteiger partial charge in [-0.3, -0.25) is 0 Å². The molecular weight excluding hydrogens is 476 g/mol. The van der Waals surface area contributed by atoms with Crippen LogP contribution in [0.1, 0.15) is 43.3 Å². The summed E-state index contributed by atoms with van der Waals surface area (Å²) in [6.45, 7) is 8.10. The number of nitrogens with zero attached hydrogens (tertiary/aromatic N) is 3. The summed E-state index contributed by atoms with van der Waals surface area (Å²) in [6, 6.07) is 28.1. The van der Waals surface area contributed by atoms with Gasteiger partial charge in [-0.2, -0.15) is 10.4 Å². The molecule has 7 heteroatoms. The van der Waals surface area contributed by atoms with Crippen molar-refractivity contribution < 1.29 is 14.3 Å². The first-order chi connectivity index (χ1) is 18.2. The van der Waals surface area contributed by atoms with E-state index in [2.05, 4.69) is 40.8 Å². The fourth-order valence-corrected chi connectivity index (χ4v) is 4.02. The second-order valence-electron chi connectivity index (χ2n) is 9.95. The quantitative estimate of drug-likeness (QED) is 0.299. The summed E-state index contributed by atoms with van der Waals surface area (Å²) in [4.78, 5) is 11.8. The standard InChI is InChI=1S/C31H32N4O3/c1-22-28(20-32)29(35(34-22)26-8-6-5-7-9-26)21-37-27-16-14-25(15-17-27)24-12-10-23(11-13-24)18-19-33-30(36)38-31(2,3)4/h5-17H,18-19,21H2,1-4H3,(H,33,36). The Morgan fingerprint density at radius 2 is 1.61 bits per heavy atom. The number of aromatic nitrogens is 2. The molecule has 0 spiro atoms. The van der Waals surface area contributed by atoms with Crippen molar-refractivity contribution in [2.75, 3.05) is 6.54 Å². The van der Waals surface area contributed by atoms with Gasteiger partial charge in [0.2, 0.25) is 0 Å². The van der Waals surface area contributed by atoms with Gasteiger partial charge >= 0.3 is 6.09 Å². The number of alkyl carbamates (subject to hydrolysis) is 1. The lowest BCUT2D eigenvalue weighted by Crippen LogP contribution is -2.33. The fraction of sp³-hybridized carbons (Fsp3) is 0.258. The molecule has 38 heavy (non-hydrogen) atoms. The first kappa shape index (κ1) is 26.5. The zero-order valence-electron chi connectivity index (χ0n) is 22.2. The molecule has 1 N–H and O–H groups in total. The molecule has 1 heterocycles. The predicted octanol–water partition coefficient (Wildman–Crippen LogP) is 6.37. The van der Waals surface area contributed by atoms with Gasteiger partial charge in [0.15, 0.2) is 0 Å². The lowest BCUT2D eigenvalue weighted by molar-refractivity contribution is 0.0528. The largest absolute Gasteiger partial charge is 0.487 e. The van der Waals surface area contributed by atoms with Gasteiger partial charge in [0.1, 0.15) is 29.6 Å². The average molecular weight is 509 g/mol. The number of aryl methyl sites for hydroxylation is 1. The number of carbonyl (C=O) groups is 1. The number of hydrogen-bond acceptors (Lipinski definition) is 5. The van der Waals surface area contributed by atoms with Gasteiger partial charge in [-0.15, -0.1) is 0 Å². The Morgan fingerprint density at radius 3 is 2.21 bits per heavy atom. The van der Waals surface area contributed by atoms with E-state index in [1.54, 1.807) is 4.68 Å². The molecular formula is C31H32N4O3. The minimum absolute atomic E-state index is 0.226. The molecule has 0 aliphatic carbocycles. The normalized spacial score (nSPS) is 11.0. The number of amides is 1. The Balaban J connectivity index is 1.36. The van der Waals surface area contributed by atoms with Crippen LogP contribution >= 0.6 is 0 Å². The Bertz CT molecular complexity index is 1410. The van der Waals surface area contributed by atoms with E-state index in [1.807, 2.05) is 82.3 Å². The molecule has 0 aliphatic heterocycles. The van der Waals surface area contributed by atoms with Crippen LogP contribution in [-0.2, 0) is 17.8 Å². The Kier molecular flexibility index (Phi) is 8.12. The van der Waals surface area contributed by atoms with Crippen LogP contribution < -0.4 is 10.1 Å². The van der Waals surface area contributed by atoms with Crippen LogP contribution in [0.4, 0.5) is 4.79 Å². The van der Waals surface area contributed by atoms with Gasteiger partial charge in [0, 0.05) is 6.54 Å². The number of ether oxygens (including phenoxy) is 2. The summed E-state index contributed by atoms with van der Waals surface area (Å²) in [6.07, 6.45) is 0.315. The van der Waals surface area contributed by atoms with E-state index in [0.29, 0.717) is 23.6 Å². The SMILES string of the molecule is Cc1nn(-c2ccccc2)c(COc2ccc(-c3ccc(CCNC(=O)OC(C)(C)C)cc3)cc2)c1C#N. The molecule has 0 unspecified atom stereocenters. The summed E-state index contributed by atoms with van der Waals surface area (Å²) in [5.74, 6) is 0.709. The number of benzene rings is 3. The Morgan fingerprint density at radius 1 is 0.974 bits per heavy atom. The zero-order valence-corrected chi connectivity index (χ0v) is 22.2. The lowest BCUT2D eigenvalue weighted by Gasteiger charge is -2.19. The highest BCUT2D eigenvalue weighted by Crippen LogP contribution is 2.25. The molecule has 194 valence electrons. The summed E-state index contributed by atoms with van der Waals surface area (Å²) < 4.78 is 13.1. The van der Waals surface area contributed by atoms with E-state index in [9.17, 15) is 10.1 Å². The fourth-order valence-electron chi connectivity index (χ4n) is 4.02. The predicted molar refractivity (Wildman–Crippen MR) is 147 cm³/mol. The van der Waals surface area contributed by atoms with Gasteiger partial charge < -0.3 is 14.8 Å². The second kappa shape index (κ2) is 11.7. The van der Waals surface area contributed by atoms with Crippen LogP contribution in [0.15, 0.2) is 78.9 Å². The van der Waals surface area contributed by atoms with E-state index < -0.39 is 11.7 Å². The lowest BCUT2D eigenvalue weighted by atomic mass is 10.0. The smallest absolute Gasteiger partial charge is 0.407 e. The van der Waals surface area contributed by atoms with Crippen molar-refractivity contribution in [2.45, 2.75) is 46.3 Å². The van der Waals surface area contributed by atoms with Crippen molar-refractivity contribution in [2.24, 2.45) is 0 Å². The molecule has 0 aliphatic rings. The topological polar surface area (TPSA) is 89.2 Å². The van der Waals surface area contributed by atoms with Crippen molar-refractivity contribution in [3.63, 3.8) is 0 Å². The molecule has 4 aromatic rings. The molecule has 1 aromatic heterocycles. The number of rotatable bonds is 8. The van der Waals surface area contributed by atoms with Gasteiger partial charge in [-0.25, -0.2) is 9.48 Å². The number of nitrogens with one attached hydrogen (secondary N) is 1. The molecule has 0 fully saturated rings. The maximum atomic E-state index is 11.8. The molecule has 0 saturated carbocycles. The van der Waals surface area contributed by atoms with Gasteiger partial charge in [-0.1, -0.05) is 54.6 Å². The van der Waals surface area contributed by atoms with Crippen molar-refractivity contribution in [1.82, 2.24) is 15.1 Å². The Labute approximate surface area is 223 Å². The van der Waals surface area contributed by atoms with E-state index in [4.69, 9.17) is 9.47 Å². The summed E-state index contributed by atoms with van der Waals surface area (Å²) in [5, 5.41) is 17.0. The minimum Gasteiger partial charge on any atom is -0.487 e. The van der Waals surface area contributed by atoms with Crippen molar-refractivity contribution in [3.8, 4) is 28.6 Å². The van der Waals surface area contributed by atoms with E-state index in [1.165, 1.54) is 0 Å². The second-order valence-corrected chi connectivity index (χ2v) is 9.95. The van der Waals surface area contributed by atoms with Gasteiger partial charge in [0.05, 0.1) is 17.1 Å². The minimum atomic E-state index is -0.504.